The standard InChI is InChI=1S/C27H25F3N2O4/c1-4-34-25(33)16-35-24-13-12-22(14-17(24)2)36-18(3)23-7-5-6-19-15-32(31-26(19)23)21-10-8-20(9-11-21)27(28,29)30/h5-15,18H,4,16H2,1-3H3. The Labute approximate surface area is 206 Å². The van der Waals surface area contributed by atoms with Crippen LogP contribution in [0.25, 0.3) is 16.6 Å². The van der Waals surface area contributed by atoms with Crippen LogP contribution in [0.4, 0.5) is 13.2 Å². The zero-order chi connectivity index (χ0) is 25.9. The van der Waals surface area contributed by atoms with E-state index in [2.05, 4.69) is 5.10 Å². The Morgan fingerprint density at radius 2 is 1.83 bits per heavy atom. The van der Waals surface area contributed by atoms with E-state index >= 15 is 0 Å². The third-order valence-electron chi connectivity index (χ3n) is 5.57. The molecule has 0 amide bonds. The second-order valence-corrected chi connectivity index (χ2v) is 8.18. The van der Waals surface area contributed by atoms with Crippen LogP contribution in [0.3, 0.4) is 0 Å². The number of ether oxygens (including phenoxy) is 3. The zero-order valence-electron chi connectivity index (χ0n) is 20.0. The van der Waals surface area contributed by atoms with Gasteiger partial charge in [0.1, 0.15) is 17.6 Å². The third-order valence-corrected chi connectivity index (χ3v) is 5.57. The van der Waals surface area contributed by atoms with Crippen LogP contribution in [0, 0.1) is 6.92 Å². The molecule has 0 saturated heterocycles. The van der Waals surface area contributed by atoms with Crippen LogP contribution < -0.4 is 9.47 Å². The van der Waals surface area contributed by atoms with Crippen molar-refractivity contribution in [1.82, 2.24) is 9.78 Å². The van der Waals surface area contributed by atoms with Crippen LogP contribution in [0.1, 0.15) is 36.6 Å². The monoisotopic (exact) mass is 498 g/mol. The predicted octanol–water partition coefficient (Wildman–Crippen LogP) is 6.43. The van der Waals surface area contributed by atoms with Gasteiger partial charge in [0, 0.05) is 17.1 Å². The van der Waals surface area contributed by atoms with Crippen LogP contribution >= 0.6 is 0 Å². The summed E-state index contributed by atoms with van der Waals surface area (Å²) in [7, 11) is 0. The Kier molecular flexibility index (Phi) is 7.19. The second-order valence-electron chi connectivity index (χ2n) is 8.18. The van der Waals surface area contributed by atoms with Crippen molar-refractivity contribution in [3.05, 3.63) is 83.6 Å². The fourth-order valence-corrected chi connectivity index (χ4v) is 3.80. The molecule has 188 valence electrons. The van der Waals surface area contributed by atoms with Gasteiger partial charge in [0.25, 0.3) is 0 Å². The Hall–Kier alpha value is -4.01. The lowest BCUT2D eigenvalue weighted by molar-refractivity contribution is -0.145. The number of hydrogen-bond donors (Lipinski definition) is 0. The van der Waals surface area contributed by atoms with Crippen molar-refractivity contribution in [2.75, 3.05) is 13.2 Å². The molecule has 3 aromatic carbocycles. The van der Waals surface area contributed by atoms with E-state index in [1.54, 1.807) is 29.9 Å². The highest BCUT2D eigenvalue weighted by Gasteiger charge is 2.30. The highest BCUT2D eigenvalue weighted by Crippen LogP contribution is 2.32. The molecule has 0 spiro atoms. The van der Waals surface area contributed by atoms with Crippen LogP contribution in [-0.2, 0) is 15.7 Å². The van der Waals surface area contributed by atoms with Crippen LogP contribution in [0.5, 0.6) is 11.5 Å². The van der Waals surface area contributed by atoms with Gasteiger partial charge in [-0.2, -0.15) is 18.3 Å². The van der Waals surface area contributed by atoms with Gasteiger partial charge in [-0.25, -0.2) is 9.48 Å². The van der Waals surface area contributed by atoms with Crippen molar-refractivity contribution < 1.29 is 32.2 Å². The predicted molar refractivity (Wildman–Crippen MR) is 128 cm³/mol. The van der Waals surface area contributed by atoms with Crippen LogP contribution in [0.15, 0.2) is 66.9 Å². The summed E-state index contributed by atoms with van der Waals surface area (Å²) in [6, 6.07) is 15.8. The van der Waals surface area contributed by atoms with E-state index in [0.29, 0.717) is 29.3 Å². The first-order chi connectivity index (χ1) is 17.2. The fourth-order valence-electron chi connectivity index (χ4n) is 3.80. The van der Waals surface area contributed by atoms with Crippen molar-refractivity contribution in [3.63, 3.8) is 0 Å². The van der Waals surface area contributed by atoms with Gasteiger partial charge in [-0.05, 0) is 68.8 Å². The lowest BCUT2D eigenvalue weighted by Crippen LogP contribution is -2.15. The van der Waals surface area contributed by atoms with Crippen molar-refractivity contribution in [1.29, 1.82) is 0 Å². The average molecular weight is 499 g/mol. The lowest BCUT2D eigenvalue weighted by atomic mass is 10.1. The van der Waals surface area contributed by atoms with Crippen LogP contribution in [-0.4, -0.2) is 29.0 Å². The molecule has 4 aromatic rings. The number of halogens is 3. The molecule has 0 aliphatic carbocycles. The summed E-state index contributed by atoms with van der Waals surface area (Å²) in [5, 5.41) is 5.45. The molecule has 0 aliphatic rings. The molecule has 0 N–H and O–H groups in total. The molecule has 0 aliphatic heterocycles. The fraction of sp³-hybridized carbons (Fsp3) is 0.259. The Morgan fingerprint density at radius 3 is 2.50 bits per heavy atom. The Balaban J connectivity index is 1.52. The largest absolute Gasteiger partial charge is 0.486 e. The molecule has 0 saturated carbocycles. The molecule has 4 rings (SSSR count). The van der Waals surface area contributed by atoms with Gasteiger partial charge in [-0.3, -0.25) is 0 Å². The number of carbonyl (C=O) groups excluding carboxylic acids is 1. The number of nitrogens with zero attached hydrogens (tertiary/aromatic N) is 2. The molecule has 9 heteroatoms. The molecule has 36 heavy (non-hydrogen) atoms. The van der Waals surface area contributed by atoms with Gasteiger partial charge in [-0.1, -0.05) is 18.2 Å². The van der Waals surface area contributed by atoms with Crippen LogP contribution in [0.2, 0.25) is 0 Å². The number of alkyl halides is 3. The third kappa shape index (κ3) is 5.62. The average Bonchev–Trinajstić information content (AvgIpc) is 3.28. The number of carbonyl (C=O) groups is 1. The van der Waals surface area contributed by atoms with Gasteiger partial charge in [0.15, 0.2) is 6.61 Å². The van der Waals surface area contributed by atoms with Crippen molar-refractivity contribution in [2.45, 2.75) is 33.1 Å². The minimum Gasteiger partial charge on any atom is -0.486 e. The number of benzene rings is 3. The summed E-state index contributed by atoms with van der Waals surface area (Å²) in [5.41, 5.74) is 2.13. The van der Waals surface area contributed by atoms with Crippen molar-refractivity contribution in [3.8, 4) is 17.2 Å². The minimum atomic E-state index is -4.39. The Morgan fingerprint density at radius 1 is 1.08 bits per heavy atom. The zero-order valence-corrected chi connectivity index (χ0v) is 20.0. The summed E-state index contributed by atoms with van der Waals surface area (Å²) < 4.78 is 56.8. The number of aryl methyl sites for hydroxylation is 1. The number of hydrogen-bond acceptors (Lipinski definition) is 5. The molecule has 6 nitrogen and oxygen atoms in total. The molecule has 1 heterocycles. The SMILES string of the molecule is CCOC(=O)COc1ccc(OC(C)c2cccc3cn(-c4ccc(C(F)(F)F)cc4)nc23)cc1C. The van der Waals surface area contributed by atoms with E-state index in [4.69, 9.17) is 14.2 Å². The van der Waals surface area contributed by atoms with E-state index in [1.165, 1.54) is 12.1 Å². The number of esters is 1. The van der Waals surface area contributed by atoms with E-state index < -0.39 is 17.7 Å². The van der Waals surface area contributed by atoms with E-state index in [1.807, 2.05) is 38.1 Å². The molecule has 0 bridgehead atoms. The summed E-state index contributed by atoms with van der Waals surface area (Å²) >= 11 is 0. The molecule has 1 atom stereocenters. The quantitative estimate of drug-likeness (QED) is 0.262. The highest BCUT2D eigenvalue weighted by atomic mass is 19.4. The number of rotatable bonds is 8. The van der Waals surface area contributed by atoms with Gasteiger partial charge in [0.05, 0.1) is 23.4 Å². The first-order valence-electron chi connectivity index (χ1n) is 11.4. The van der Waals surface area contributed by atoms with E-state index in [0.717, 1.165) is 28.6 Å². The molecular weight excluding hydrogens is 473 g/mol. The van der Waals surface area contributed by atoms with Gasteiger partial charge in [-0.15, -0.1) is 0 Å². The maximum Gasteiger partial charge on any atom is 0.416 e. The normalized spacial score (nSPS) is 12.4. The number of fused-ring (bicyclic) bond motifs is 1. The van der Waals surface area contributed by atoms with E-state index in [-0.39, 0.29) is 12.7 Å². The summed E-state index contributed by atoms with van der Waals surface area (Å²) in [6.07, 6.45) is -2.99. The summed E-state index contributed by atoms with van der Waals surface area (Å²) in [6.45, 7) is 5.60. The minimum absolute atomic E-state index is 0.172. The molecular formula is C27H25F3N2O4. The Bertz CT molecular complexity index is 1360. The first-order valence-corrected chi connectivity index (χ1v) is 11.4. The summed E-state index contributed by atoms with van der Waals surface area (Å²) in [5.74, 6) is 0.734. The second kappa shape index (κ2) is 10.3. The summed E-state index contributed by atoms with van der Waals surface area (Å²) in [4.78, 5) is 11.5. The van der Waals surface area contributed by atoms with E-state index in [9.17, 15) is 18.0 Å². The lowest BCUT2D eigenvalue weighted by Gasteiger charge is -2.17. The van der Waals surface area contributed by atoms with Gasteiger partial charge >= 0.3 is 12.1 Å². The maximum atomic E-state index is 12.9. The van der Waals surface area contributed by atoms with Gasteiger partial charge < -0.3 is 14.2 Å². The van der Waals surface area contributed by atoms with Crippen molar-refractivity contribution in [2.24, 2.45) is 0 Å². The maximum absolute atomic E-state index is 12.9. The smallest absolute Gasteiger partial charge is 0.416 e. The first kappa shape index (κ1) is 25.1. The molecule has 0 radical (unpaired) electrons. The molecule has 0 fully saturated rings. The highest BCUT2D eigenvalue weighted by molar-refractivity contribution is 5.82. The topological polar surface area (TPSA) is 62.6 Å². The van der Waals surface area contributed by atoms with Crippen molar-refractivity contribution >= 4 is 16.9 Å². The molecule has 1 unspecified atom stereocenters. The van der Waals surface area contributed by atoms with Gasteiger partial charge in [0.2, 0.25) is 0 Å². The molecule has 1 aromatic heterocycles. The number of aromatic nitrogens is 2.